The van der Waals surface area contributed by atoms with E-state index in [1.54, 1.807) is 18.3 Å². The smallest absolute Gasteiger partial charge is 0.273 e. The molecule has 0 bridgehead atoms. The van der Waals surface area contributed by atoms with E-state index in [1.165, 1.54) is 6.26 Å². The van der Waals surface area contributed by atoms with Crippen LogP contribution in [0.1, 0.15) is 40.2 Å². The molecule has 0 aliphatic rings. The molecule has 0 radical (unpaired) electrons. The van der Waals surface area contributed by atoms with Crippen LogP contribution in [0.3, 0.4) is 0 Å². The summed E-state index contributed by atoms with van der Waals surface area (Å²) in [5.74, 6) is 0.925. The molecule has 0 fully saturated rings. The maximum absolute atomic E-state index is 12.2. The average molecular weight is 385 g/mol. The number of hydrogen-bond donors (Lipinski definition) is 2. The van der Waals surface area contributed by atoms with Crippen molar-refractivity contribution in [2.75, 3.05) is 0 Å². The van der Waals surface area contributed by atoms with E-state index < -0.39 is 11.9 Å². The van der Waals surface area contributed by atoms with Gasteiger partial charge in [-0.25, -0.2) is 9.97 Å². The number of aromatic nitrogens is 6. The number of H-pyrrole nitrogens is 1. The molecule has 0 aliphatic heterocycles. The minimum absolute atomic E-state index is 0.0995. The Labute approximate surface area is 157 Å². The zero-order valence-corrected chi connectivity index (χ0v) is 15.3. The molecule has 27 heavy (non-hydrogen) atoms. The molecule has 0 unspecified atom stereocenters. The van der Waals surface area contributed by atoms with Crippen LogP contribution in [-0.2, 0) is 6.61 Å². The van der Waals surface area contributed by atoms with E-state index in [9.17, 15) is 4.79 Å². The van der Waals surface area contributed by atoms with E-state index in [4.69, 9.17) is 9.15 Å². The number of aromatic amines is 1. The highest BCUT2D eigenvalue weighted by Crippen LogP contribution is 2.26. The SMILES string of the molecule is Cc1nc2cc(OCc3nc(C(=O)N[C@H](C)c4nn[nH]n4)co3)ccc2s1. The zero-order chi connectivity index (χ0) is 18.8. The van der Waals surface area contributed by atoms with Gasteiger partial charge >= 0.3 is 0 Å². The maximum Gasteiger partial charge on any atom is 0.273 e. The van der Waals surface area contributed by atoms with Crippen LogP contribution in [0.2, 0.25) is 0 Å². The summed E-state index contributed by atoms with van der Waals surface area (Å²) in [6, 6.07) is 5.27. The number of nitrogens with one attached hydrogen (secondary N) is 2. The molecule has 0 saturated heterocycles. The van der Waals surface area contributed by atoms with Crippen LogP contribution in [0, 0.1) is 6.92 Å². The number of nitrogens with zero attached hydrogens (tertiary/aromatic N) is 5. The molecule has 10 nitrogen and oxygen atoms in total. The normalized spacial score (nSPS) is 12.2. The third kappa shape index (κ3) is 3.77. The Balaban J connectivity index is 1.37. The lowest BCUT2D eigenvalue weighted by Gasteiger charge is -2.07. The number of rotatable bonds is 6. The molecule has 3 aromatic heterocycles. The van der Waals surface area contributed by atoms with Crippen LogP contribution in [0.5, 0.6) is 5.75 Å². The Morgan fingerprint density at radius 2 is 2.30 bits per heavy atom. The van der Waals surface area contributed by atoms with Crippen LogP contribution in [0.4, 0.5) is 0 Å². The Kier molecular flexibility index (Phi) is 4.50. The molecule has 3 heterocycles. The second kappa shape index (κ2) is 7.11. The van der Waals surface area contributed by atoms with E-state index in [0.717, 1.165) is 15.2 Å². The van der Waals surface area contributed by atoms with Crippen LogP contribution in [-0.4, -0.2) is 36.5 Å². The summed E-state index contributed by atoms with van der Waals surface area (Å²) in [6.07, 6.45) is 1.28. The number of aryl methyl sites for hydroxylation is 1. The quantitative estimate of drug-likeness (QED) is 0.516. The van der Waals surface area contributed by atoms with Crippen molar-refractivity contribution in [3.63, 3.8) is 0 Å². The van der Waals surface area contributed by atoms with Gasteiger partial charge in [-0.2, -0.15) is 5.21 Å². The van der Waals surface area contributed by atoms with E-state index in [-0.39, 0.29) is 12.3 Å². The monoisotopic (exact) mass is 385 g/mol. The third-order valence-corrected chi connectivity index (χ3v) is 4.66. The number of carbonyl (C=O) groups is 1. The number of oxazole rings is 1. The zero-order valence-electron chi connectivity index (χ0n) is 14.5. The summed E-state index contributed by atoms with van der Waals surface area (Å²) in [5, 5.41) is 17.2. The van der Waals surface area contributed by atoms with Crippen molar-refractivity contribution in [2.24, 2.45) is 0 Å². The highest BCUT2D eigenvalue weighted by molar-refractivity contribution is 7.18. The molecular formula is C16H15N7O3S. The fraction of sp³-hybridized carbons (Fsp3) is 0.250. The molecule has 1 amide bonds. The lowest BCUT2D eigenvalue weighted by Crippen LogP contribution is -2.27. The lowest BCUT2D eigenvalue weighted by molar-refractivity contribution is 0.0933. The van der Waals surface area contributed by atoms with E-state index in [1.807, 2.05) is 25.1 Å². The number of tetrazole rings is 1. The van der Waals surface area contributed by atoms with Crippen molar-refractivity contribution in [3.8, 4) is 5.75 Å². The number of fused-ring (bicyclic) bond motifs is 1. The van der Waals surface area contributed by atoms with Gasteiger partial charge in [0.05, 0.1) is 21.3 Å². The lowest BCUT2D eigenvalue weighted by atomic mass is 10.3. The van der Waals surface area contributed by atoms with Gasteiger partial charge in [-0.3, -0.25) is 4.79 Å². The molecule has 138 valence electrons. The van der Waals surface area contributed by atoms with Crippen LogP contribution in [0.25, 0.3) is 10.2 Å². The van der Waals surface area contributed by atoms with Gasteiger partial charge in [0.25, 0.3) is 5.91 Å². The van der Waals surface area contributed by atoms with Crippen molar-refractivity contribution >= 4 is 27.5 Å². The summed E-state index contributed by atoms with van der Waals surface area (Å²) < 4.78 is 12.1. The van der Waals surface area contributed by atoms with Crippen molar-refractivity contribution in [1.82, 2.24) is 35.9 Å². The topological polar surface area (TPSA) is 132 Å². The minimum atomic E-state index is -0.416. The second-order valence-electron chi connectivity index (χ2n) is 5.74. The highest BCUT2D eigenvalue weighted by Gasteiger charge is 2.18. The first-order valence-electron chi connectivity index (χ1n) is 8.07. The highest BCUT2D eigenvalue weighted by atomic mass is 32.1. The largest absolute Gasteiger partial charge is 0.484 e. The van der Waals surface area contributed by atoms with Crippen molar-refractivity contribution in [1.29, 1.82) is 0 Å². The predicted octanol–water partition coefficient (Wildman–Crippen LogP) is 2.18. The molecule has 4 rings (SSSR count). The fourth-order valence-corrected chi connectivity index (χ4v) is 3.23. The number of benzene rings is 1. The Morgan fingerprint density at radius 1 is 1.41 bits per heavy atom. The molecule has 1 aromatic carbocycles. The van der Waals surface area contributed by atoms with Gasteiger partial charge in [0.1, 0.15) is 12.0 Å². The summed E-state index contributed by atoms with van der Waals surface area (Å²) in [7, 11) is 0. The van der Waals surface area contributed by atoms with E-state index in [0.29, 0.717) is 17.5 Å². The summed E-state index contributed by atoms with van der Waals surface area (Å²) in [4.78, 5) is 20.8. The second-order valence-corrected chi connectivity index (χ2v) is 6.98. The molecule has 11 heteroatoms. The van der Waals surface area contributed by atoms with Gasteiger partial charge < -0.3 is 14.5 Å². The average Bonchev–Trinajstić information content (AvgIpc) is 3.39. The molecule has 0 spiro atoms. The van der Waals surface area contributed by atoms with E-state index in [2.05, 4.69) is 35.9 Å². The van der Waals surface area contributed by atoms with Gasteiger partial charge in [-0.15, -0.1) is 21.5 Å². The summed E-state index contributed by atoms with van der Waals surface area (Å²) in [6.45, 7) is 3.80. The Bertz CT molecular complexity index is 1070. The molecular weight excluding hydrogens is 370 g/mol. The van der Waals surface area contributed by atoms with Crippen molar-refractivity contribution < 1.29 is 13.9 Å². The first-order valence-corrected chi connectivity index (χ1v) is 8.89. The third-order valence-electron chi connectivity index (χ3n) is 3.71. The number of amides is 1. The van der Waals surface area contributed by atoms with Crippen LogP contribution >= 0.6 is 11.3 Å². The van der Waals surface area contributed by atoms with Crippen molar-refractivity contribution in [3.05, 3.63) is 46.9 Å². The minimum Gasteiger partial charge on any atom is -0.484 e. The first kappa shape index (κ1) is 17.1. The molecule has 1 atom stereocenters. The number of thiazole rings is 1. The van der Waals surface area contributed by atoms with Gasteiger partial charge in [0, 0.05) is 6.07 Å². The summed E-state index contributed by atoms with van der Waals surface area (Å²) in [5.41, 5.74) is 1.03. The summed E-state index contributed by atoms with van der Waals surface area (Å²) >= 11 is 1.63. The number of ether oxygens (including phenoxy) is 1. The fourth-order valence-electron chi connectivity index (χ4n) is 2.43. The maximum atomic E-state index is 12.2. The predicted molar refractivity (Wildman–Crippen MR) is 95.3 cm³/mol. The molecule has 0 aliphatic carbocycles. The first-order chi connectivity index (χ1) is 13.1. The van der Waals surface area contributed by atoms with E-state index >= 15 is 0 Å². The van der Waals surface area contributed by atoms with Gasteiger partial charge in [-0.05, 0) is 26.0 Å². The Morgan fingerprint density at radius 3 is 3.11 bits per heavy atom. The number of hydrogen-bond acceptors (Lipinski definition) is 9. The van der Waals surface area contributed by atoms with Crippen LogP contribution in [0.15, 0.2) is 28.9 Å². The van der Waals surface area contributed by atoms with Gasteiger partial charge in [0.2, 0.25) is 5.89 Å². The molecule has 4 aromatic rings. The standard InChI is InChI=1S/C16H15N7O3S/c1-8(15-20-22-23-21-15)17-16(24)12-6-26-14(19-12)7-25-10-3-4-13-11(5-10)18-9(2)27-13/h3-6,8H,7H2,1-2H3,(H,17,24)(H,20,21,22,23)/t8-/m1/s1. The number of carbonyl (C=O) groups excluding carboxylic acids is 1. The van der Waals surface area contributed by atoms with Gasteiger partial charge in [-0.1, -0.05) is 5.21 Å². The van der Waals surface area contributed by atoms with Crippen molar-refractivity contribution in [2.45, 2.75) is 26.5 Å². The van der Waals surface area contributed by atoms with Crippen LogP contribution < -0.4 is 10.1 Å². The van der Waals surface area contributed by atoms with Gasteiger partial charge in [0.15, 0.2) is 18.1 Å². The Hall–Kier alpha value is -3.34. The molecule has 0 saturated carbocycles. The molecule has 2 N–H and O–H groups in total.